The van der Waals surface area contributed by atoms with E-state index in [0.29, 0.717) is 0 Å². The zero-order valence-corrected chi connectivity index (χ0v) is 19.0. The number of nitrogens with one attached hydrogen (secondary N) is 1. The van der Waals surface area contributed by atoms with Crippen molar-refractivity contribution >= 4 is 51.5 Å². The van der Waals surface area contributed by atoms with E-state index < -0.39 is 0 Å². The second kappa shape index (κ2) is 10.8. The molecule has 0 radical (unpaired) electrons. The first-order valence-corrected chi connectivity index (χ1v) is 11.6. The number of hydrogen-bond donors (Lipinski definition) is 1. The highest BCUT2D eigenvalue weighted by molar-refractivity contribution is 7.13. The van der Waals surface area contributed by atoms with E-state index in [1.54, 1.807) is 17.4 Å². The van der Waals surface area contributed by atoms with Crippen LogP contribution in [0.3, 0.4) is 0 Å². The first-order chi connectivity index (χ1) is 16.3. The van der Waals surface area contributed by atoms with E-state index in [9.17, 15) is 0 Å². The lowest BCUT2D eigenvalue weighted by Gasteiger charge is -2.04. The second-order valence-corrected chi connectivity index (χ2v) is 8.26. The third kappa shape index (κ3) is 5.50. The van der Waals surface area contributed by atoms with Gasteiger partial charge in [-0.25, -0.2) is 0 Å². The fourth-order valence-corrected chi connectivity index (χ4v) is 4.42. The lowest BCUT2D eigenvalue weighted by Crippen LogP contribution is -1.87. The van der Waals surface area contributed by atoms with Crippen molar-refractivity contribution in [3.05, 3.63) is 101 Å². The number of hydrogen-bond acceptors (Lipinski definition) is 7. The van der Waals surface area contributed by atoms with Gasteiger partial charge in [0.15, 0.2) is 0 Å². The Morgan fingerprint density at radius 1 is 0.758 bits per heavy atom. The van der Waals surface area contributed by atoms with Gasteiger partial charge in [0.2, 0.25) is 0 Å². The highest BCUT2D eigenvalue weighted by Gasteiger charge is 2.12. The number of benzene rings is 3. The van der Waals surface area contributed by atoms with E-state index in [1.807, 2.05) is 102 Å². The van der Waals surface area contributed by atoms with E-state index in [-0.39, 0.29) is 5.57 Å². The molecule has 33 heavy (non-hydrogen) atoms. The molecule has 7 heteroatoms. The van der Waals surface area contributed by atoms with Crippen LogP contribution in [0.25, 0.3) is 27.6 Å². The number of allylic oxidation sites excluding steroid dienone is 1. The molecule has 0 aliphatic carbocycles. The molecule has 2 heterocycles. The summed E-state index contributed by atoms with van der Waals surface area (Å²) in [6.07, 6.45) is 1.54. The topological polar surface area (TPSA) is 85.4 Å². The number of thiophene rings is 1. The average Bonchev–Trinajstić information content (AvgIpc) is 3.57. The smallest absolute Gasteiger partial charge is 0.130 e. The molecule has 0 bridgehead atoms. The number of fused-ring (bicyclic) bond motifs is 1. The predicted molar refractivity (Wildman–Crippen MR) is 136 cm³/mol. The first kappa shape index (κ1) is 21.9. The summed E-state index contributed by atoms with van der Waals surface area (Å²) >= 11 is 2.77. The van der Waals surface area contributed by atoms with Gasteiger partial charge in [0.25, 0.3) is 0 Å². The largest absolute Gasteiger partial charge is 0.356 e. The van der Waals surface area contributed by atoms with Crippen molar-refractivity contribution < 1.29 is 0 Å². The highest BCUT2D eigenvalue weighted by Crippen LogP contribution is 2.33. The summed E-state index contributed by atoms with van der Waals surface area (Å²) in [7, 11) is 0. The number of nitriles is 2. The zero-order valence-electron chi connectivity index (χ0n) is 17.3. The highest BCUT2D eigenvalue weighted by atomic mass is 32.1. The molecule has 5 rings (SSSR count). The van der Waals surface area contributed by atoms with Gasteiger partial charge in [0.05, 0.1) is 11.7 Å². The minimum atomic E-state index is 0.0585. The molecule has 5 nitrogen and oxygen atoms in total. The third-order valence-corrected chi connectivity index (χ3v) is 6.04. The number of anilines is 2. The average molecular weight is 464 g/mol. The molecule has 0 spiro atoms. The van der Waals surface area contributed by atoms with Gasteiger partial charge < -0.3 is 5.32 Å². The quantitative estimate of drug-likeness (QED) is 0.283. The number of aromatic nitrogens is 2. The monoisotopic (exact) mass is 463 g/mol. The molecular formula is C26H17N5S2. The summed E-state index contributed by atoms with van der Waals surface area (Å²) in [6.45, 7) is 0. The van der Waals surface area contributed by atoms with Gasteiger partial charge in [-0.15, -0.1) is 11.3 Å². The van der Waals surface area contributed by atoms with Crippen LogP contribution in [-0.4, -0.2) is 8.75 Å². The molecular weight excluding hydrogens is 446 g/mol. The Kier molecular flexibility index (Phi) is 7.19. The van der Waals surface area contributed by atoms with E-state index >= 15 is 0 Å². The summed E-state index contributed by atoms with van der Waals surface area (Å²) in [5.74, 6) is 0. The predicted octanol–water partition coefficient (Wildman–Crippen LogP) is 7.28. The van der Waals surface area contributed by atoms with Crippen LogP contribution in [0.15, 0.2) is 95.9 Å². The Bertz CT molecular complexity index is 1390. The fourth-order valence-electron chi connectivity index (χ4n) is 3.09. The van der Waals surface area contributed by atoms with Crippen molar-refractivity contribution in [2.75, 3.05) is 5.32 Å². The van der Waals surface area contributed by atoms with Crippen LogP contribution in [0.1, 0.15) is 5.56 Å². The Morgan fingerprint density at radius 3 is 1.97 bits per heavy atom. The van der Waals surface area contributed by atoms with Gasteiger partial charge in [-0.05, 0) is 41.8 Å². The molecule has 0 amide bonds. The van der Waals surface area contributed by atoms with Crippen molar-refractivity contribution in [1.29, 1.82) is 10.5 Å². The SMILES string of the molecule is N#CC(C#N)=Cc1ccc(-c2cccs2)c2nsnc12.c1ccc(Nc2ccccc2)cc1. The molecule has 0 aliphatic rings. The molecule has 0 unspecified atom stereocenters. The summed E-state index contributed by atoms with van der Waals surface area (Å²) in [4.78, 5) is 1.12. The third-order valence-electron chi connectivity index (χ3n) is 4.61. The molecule has 0 saturated carbocycles. The Balaban J connectivity index is 0.000000172. The molecule has 5 aromatic rings. The molecule has 2 aromatic heterocycles. The summed E-state index contributed by atoms with van der Waals surface area (Å²) in [5, 5.41) is 23.0. The van der Waals surface area contributed by atoms with Crippen LogP contribution in [0.2, 0.25) is 0 Å². The number of nitrogens with zero attached hydrogens (tertiary/aromatic N) is 4. The Morgan fingerprint density at radius 2 is 1.39 bits per heavy atom. The van der Waals surface area contributed by atoms with Crippen LogP contribution in [0.4, 0.5) is 11.4 Å². The molecule has 3 aromatic carbocycles. The minimum absolute atomic E-state index is 0.0585. The van der Waals surface area contributed by atoms with Gasteiger partial charge in [-0.3, -0.25) is 0 Å². The van der Waals surface area contributed by atoms with E-state index in [2.05, 4.69) is 14.1 Å². The fraction of sp³-hybridized carbons (Fsp3) is 0. The number of para-hydroxylation sites is 2. The summed E-state index contributed by atoms with van der Waals surface area (Å²) < 4.78 is 8.62. The van der Waals surface area contributed by atoms with Crippen molar-refractivity contribution in [2.45, 2.75) is 0 Å². The maximum Gasteiger partial charge on any atom is 0.130 e. The van der Waals surface area contributed by atoms with Gasteiger partial charge in [0, 0.05) is 27.4 Å². The van der Waals surface area contributed by atoms with Gasteiger partial charge >= 0.3 is 0 Å². The van der Waals surface area contributed by atoms with E-state index in [1.165, 1.54) is 0 Å². The van der Waals surface area contributed by atoms with Crippen LogP contribution in [-0.2, 0) is 0 Å². The van der Waals surface area contributed by atoms with Crippen LogP contribution < -0.4 is 5.32 Å². The maximum absolute atomic E-state index is 8.84. The van der Waals surface area contributed by atoms with Gasteiger partial charge in [0.1, 0.15) is 28.7 Å². The van der Waals surface area contributed by atoms with E-state index in [4.69, 9.17) is 10.5 Å². The van der Waals surface area contributed by atoms with Gasteiger partial charge in [-0.1, -0.05) is 54.6 Å². The van der Waals surface area contributed by atoms with Gasteiger partial charge in [-0.2, -0.15) is 19.3 Å². The maximum atomic E-state index is 8.84. The Labute approximate surface area is 199 Å². The zero-order chi connectivity index (χ0) is 22.9. The molecule has 158 valence electrons. The van der Waals surface area contributed by atoms with Crippen molar-refractivity contribution in [2.24, 2.45) is 0 Å². The lowest BCUT2D eigenvalue weighted by atomic mass is 10.1. The van der Waals surface area contributed by atoms with Crippen molar-refractivity contribution in [3.8, 4) is 22.6 Å². The number of rotatable bonds is 4. The standard InChI is InChI=1S/C14H6N4S2.C12H11N/c15-7-9(8-16)6-10-3-4-11(12-2-1-5-19-12)14-13(10)17-20-18-14;1-3-7-11(8-4-1)13-12-9-5-2-6-10-12/h1-6H;1-10,13H. The van der Waals surface area contributed by atoms with Crippen molar-refractivity contribution in [1.82, 2.24) is 8.75 Å². The lowest BCUT2D eigenvalue weighted by molar-refractivity contribution is 1.47. The Hall–Kier alpha value is -4.30. The van der Waals surface area contributed by atoms with Crippen LogP contribution in [0.5, 0.6) is 0 Å². The minimum Gasteiger partial charge on any atom is -0.356 e. The molecule has 1 N–H and O–H groups in total. The summed E-state index contributed by atoms with van der Waals surface area (Å²) in [6, 6.07) is 31.8. The molecule has 0 fully saturated rings. The van der Waals surface area contributed by atoms with E-state index in [0.717, 1.165) is 50.1 Å². The van der Waals surface area contributed by atoms with Crippen LogP contribution >= 0.6 is 23.1 Å². The summed E-state index contributed by atoms with van der Waals surface area (Å²) in [5.41, 5.74) is 5.60. The van der Waals surface area contributed by atoms with Crippen molar-refractivity contribution in [3.63, 3.8) is 0 Å². The first-order valence-electron chi connectivity index (χ1n) is 9.96. The molecule has 0 atom stereocenters. The second-order valence-electron chi connectivity index (χ2n) is 6.78. The molecule has 0 saturated heterocycles. The molecule has 0 aliphatic heterocycles. The van der Waals surface area contributed by atoms with Crippen LogP contribution in [0, 0.1) is 22.7 Å². The normalized spacial score (nSPS) is 9.76.